The molecule has 0 aliphatic rings. The minimum atomic E-state index is -4.05. The predicted molar refractivity (Wildman–Crippen MR) is 108 cm³/mol. The summed E-state index contributed by atoms with van der Waals surface area (Å²) in [6, 6.07) is 9.76. The van der Waals surface area contributed by atoms with E-state index in [0.29, 0.717) is 16.9 Å². The highest BCUT2D eigenvalue weighted by Crippen LogP contribution is 2.28. The molecule has 0 spiro atoms. The third-order valence-electron chi connectivity index (χ3n) is 4.20. The maximum atomic E-state index is 12.9. The van der Waals surface area contributed by atoms with Crippen LogP contribution in [0.5, 0.6) is 0 Å². The standard InChI is InChI=1S/C19H23N3O6S/c1-4-28-19(24)21(3)17-8-6-5-7-16(17)20(2)18(23)22-12-9-15(10-13-22)11-14-29(25,26)27/h5-10,12-13H,4,11,14H2,1-3H3/p+1. The third kappa shape index (κ3) is 6.00. The molecule has 156 valence electrons. The van der Waals surface area contributed by atoms with Crippen molar-refractivity contribution in [3.05, 3.63) is 54.4 Å². The summed E-state index contributed by atoms with van der Waals surface area (Å²) in [5.74, 6) is -0.390. The van der Waals surface area contributed by atoms with E-state index in [-0.39, 0.29) is 19.1 Å². The van der Waals surface area contributed by atoms with E-state index in [9.17, 15) is 18.0 Å². The molecule has 2 aromatic rings. The molecule has 0 radical (unpaired) electrons. The van der Waals surface area contributed by atoms with Gasteiger partial charge in [-0.1, -0.05) is 12.1 Å². The number of rotatable bonds is 6. The minimum Gasteiger partial charge on any atom is -0.449 e. The summed E-state index contributed by atoms with van der Waals surface area (Å²) in [6.45, 7) is 1.95. The summed E-state index contributed by atoms with van der Waals surface area (Å²) in [7, 11) is -0.902. The topological polar surface area (TPSA) is 108 Å². The van der Waals surface area contributed by atoms with Crippen LogP contribution in [-0.2, 0) is 21.3 Å². The lowest BCUT2D eigenvalue weighted by atomic mass is 10.2. The quantitative estimate of drug-likeness (QED) is 0.564. The van der Waals surface area contributed by atoms with E-state index in [1.165, 1.54) is 26.8 Å². The van der Waals surface area contributed by atoms with Gasteiger partial charge in [0.2, 0.25) is 0 Å². The number of aromatic nitrogens is 1. The second-order valence-corrected chi connectivity index (χ2v) is 7.81. The lowest BCUT2D eigenvalue weighted by molar-refractivity contribution is -0.569. The number of carbonyl (C=O) groups excluding carboxylic acids is 2. The van der Waals surface area contributed by atoms with Gasteiger partial charge in [-0.2, -0.15) is 22.7 Å². The van der Waals surface area contributed by atoms with Crippen LogP contribution in [0, 0.1) is 0 Å². The molecule has 0 atom stereocenters. The van der Waals surface area contributed by atoms with Crippen LogP contribution in [0.2, 0.25) is 0 Å². The number of anilines is 2. The average molecular weight is 422 g/mol. The Labute approximate surface area is 169 Å². The Bertz CT molecular complexity index is 976. The summed E-state index contributed by atoms with van der Waals surface area (Å²) >= 11 is 0. The second-order valence-electron chi connectivity index (χ2n) is 6.24. The van der Waals surface area contributed by atoms with E-state index in [2.05, 4.69) is 0 Å². The molecule has 1 heterocycles. The molecule has 29 heavy (non-hydrogen) atoms. The number of hydrogen-bond donors (Lipinski definition) is 1. The van der Waals surface area contributed by atoms with Crippen molar-refractivity contribution in [1.82, 2.24) is 0 Å². The number of carbonyl (C=O) groups is 2. The number of amides is 2. The molecule has 0 fully saturated rings. The Hall–Kier alpha value is -2.98. The number of para-hydroxylation sites is 2. The first-order valence-electron chi connectivity index (χ1n) is 8.87. The van der Waals surface area contributed by atoms with Crippen LogP contribution in [0.4, 0.5) is 21.0 Å². The van der Waals surface area contributed by atoms with Crippen LogP contribution in [-0.4, -0.2) is 51.5 Å². The number of benzene rings is 1. The van der Waals surface area contributed by atoms with Crippen LogP contribution in [0.1, 0.15) is 12.5 Å². The Balaban J connectivity index is 2.21. The fraction of sp³-hybridized carbons (Fsp3) is 0.316. The highest BCUT2D eigenvalue weighted by Gasteiger charge is 2.27. The molecule has 9 nitrogen and oxygen atoms in total. The van der Waals surface area contributed by atoms with Crippen LogP contribution in [0.15, 0.2) is 48.8 Å². The van der Waals surface area contributed by atoms with Crippen LogP contribution in [0.25, 0.3) is 0 Å². The molecule has 1 aromatic carbocycles. The number of aryl methyl sites for hydroxylation is 1. The van der Waals surface area contributed by atoms with Crippen LogP contribution in [0.3, 0.4) is 0 Å². The molecule has 1 N–H and O–H groups in total. The maximum Gasteiger partial charge on any atom is 0.502 e. The summed E-state index contributed by atoms with van der Waals surface area (Å²) in [6.07, 6.45) is 2.62. The van der Waals surface area contributed by atoms with E-state index in [4.69, 9.17) is 9.29 Å². The van der Waals surface area contributed by atoms with Crippen molar-refractivity contribution < 1.29 is 31.9 Å². The summed E-state index contributed by atoms with van der Waals surface area (Å²) < 4.78 is 36.9. The van der Waals surface area contributed by atoms with Crippen molar-refractivity contribution in [2.75, 3.05) is 36.3 Å². The molecule has 0 aliphatic heterocycles. The van der Waals surface area contributed by atoms with Gasteiger partial charge in [0.15, 0.2) is 5.69 Å². The van der Waals surface area contributed by atoms with Gasteiger partial charge in [-0.25, -0.2) is 4.79 Å². The normalized spacial score (nSPS) is 11.0. The van der Waals surface area contributed by atoms with Crippen molar-refractivity contribution in [3.63, 3.8) is 0 Å². The lowest BCUT2D eigenvalue weighted by Gasteiger charge is -2.21. The zero-order valence-corrected chi connectivity index (χ0v) is 17.3. The Morgan fingerprint density at radius 1 is 1.03 bits per heavy atom. The molecule has 2 amide bonds. The SMILES string of the molecule is CCOC(=O)N(C)c1ccccc1N(C)C(=O)[n+]1ccc(CCS(=O)(=O)O)cc1. The average Bonchev–Trinajstić information content (AvgIpc) is 2.70. The Kier molecular flexibility index (Phi) is 7.29. The first kappa shape index (κ1) is 22.3. The van der Waals surface area contributed by atoms with Crippen LogP contribution < -0.4 is 14.4 Å². The predicted octanol–water partition coefficient (Wildman–Crippen LogP) is 2.10. The van der Waals surface area contributed by atoms with Gasteiger partial charge in [0.1, 0.15) is 0 Å². The van der Waals surface area contributed by atoms with Gasteiger partial charge in [0.25, 0.3) is 10.1 Å². The van der Waals surface area contributed by atoms with Gasteiger partial charge in [0.05, 0.1) is 37.5 Å². The van der Waals surface area contributed by atoms with E-state index < -0.39 is 22.0 Å². The van der Waals surface area contributed by atoms with E-state index >= 15 is 0 Å². The molecule has 0 unspecified atom stereocenters. The van der Waals surface area contributed by atoms with Gasteiger partial charge in [-0.15, -0.1) is 0 Å². The molecule has 0 saturated carbocycles. The number of pyridine rings is 1. The highest BCUT2D eigenvalue weighted by molar-refractivity contribution is 7.85. The van der Waals surface area contributed by atoms with Gasteiger partial charge in [-0.05, 0) is 43.2 Å². The van der Waals surface area contributed by atoms with E-state index in [0.717, 1.165) is 0 Å². The zero-order chi connectivity index (χ0) is 21.6. The van der Waals surface area contributed by atoms with Gasteiger partial charge < -0.3 is 4.74 Å². The highest BCUT2D eigenvalue weighted by atomic mass is 32.2. The monoisotopic (exact) mass is 422 g/mol. The third-order valence-corrected chi connectivity index (χ3v) is 4.92. The molecule has 0 aliphatic carbocycles. The summed E-state index contributed by atoms with van der Waals surface area (Å²) in [5.41, 5.74) is 1.68. The molecule has 2 rings (SSSR count). The zero-order valence-electron chi connectivity index (χ0n) is 16.5. The maximum absolute atomic E-state index is 12.9. The van der Waals surface area contributed by atoms with E-state index in [1.54, 1.807) is 57.4 Å². The molecular weight excluding hydrogens is 398 g/mol. The van der Waals surface area contributed by atoms with Gasteiger partial charge >= 0.3 is 12.1 Å². The molecule has 10 heteroatoms. The number of hydrogen-bond acceptors (Lipinski definition) is 5. The smallest absolute Gasteiger partial charge is 0.449 e. The molecular formula is C19H24N3O6S+. The number of nitrogens with zero attached hydrogens (tertiary/aromatic N) is 3. The lowest BCUT2D eigenvalue weighted by Crippen LogP contribution is -2.51. The van der Waals surface area contributed by atoms with Crippen molar-refractivity contribution in [1.29, 1.82) is 0 Å². The minimum absolute atomic E-state index is 0.136. The largest absolute Gasteiger partial charge is 0.502 e. The fourth-order valence-electron chi connectivity index (χ4n) is 2.62. The first-order valence-corrected chi connectivity index (χ1v) is 10.5. The summed E-state index contributed by atoms with van der Waals surface area (Å²) in [5, 5.41) is 0. The number of ether oxygens (including phenoxy) is 1. The molecule has 0 bridgehead atoms. The Morgan fingerprint density at radius 2 is 1.59 bits per heavy atom. The van der Waals surface area contributed by atoms with Crippen molar-refractivity contribution in [2.24, 2.45) is 0 Å². The van der Waals surface area contributed by atoms with Crippen molar-refractivity contribution in [2.45, 2.75) is 13.3 Å². The van der Waals surface area contributed by atoms with Crippen LogP contribution >= 0.6 is 0 Å². The van der Waals surface area contributed by atoms with Gasteiger partial charge in [-0.3, -0.25) is 9.45 Å². The van der Waals surface area contributed by atoms with Gasteiger partial charge in [0, 0.05) is 7.05 Å². The van der Waals surface area contributed by atoms with E-state index in [1.807, 2.05) is 0 Å². The summed E-state index contributed by atoms with van der Waals surface area (Å²) in [4.78, 5) is 27.6. The Morgan fingerprint density at radius 3 is 2.10 bits per heavy atom. The molecule has 1 aromatic heterocycles. The first-order chi connectivity index (χ1) is 13.6. The molecule has 0 saturated heterocycles. The van der Waals surface area contributed by atoms with Crippen molar-refractivity contribution in [3.8, 4) is 0 Å². The fourth-order valence-corrected chi connectivity index (χ4v) is 3.12. The van der Waals surface area contributed by atoms with Crippen molar-refractivity contribution >= 4 is 33.6 Å². The second kappa shape index (κ2) is 9.48.